The summed E-state index contributed by atoms with van der Waals surface area (Å²) in [5, 5.41) is 2.61. The summed E-state index contributed by atoms with van der Waals surface area (Å²) in [5.41, 5.74) is 0.641. The average Bonchev–Trinajstić information content (AvgIpc) is 2.95. The second-order valence-corrected chi connectivity index (χ2v) is 7.35. The number of carbonyl (C=O) groups excluding carboxylic acids is 3. The number of ether oxygens (including phenoxy) is 1. The second kappa shape index (κ2) is 9.58. The van der Waals surface area contributed by atoms with Gasteiger partial charge in [0.15, 0.2) is 6.61 Å². The molecular weight excluding hydrogens is 419 g/mol. The van der Waals surface area contributed by atoms with Crippen LogP contribution in [-0.2, 0) is 9.59 Å². The number of halogens is 2. The van der Waals surface area contributed by atoms with Crippen molar-refractivity contribution >= 4 is 46.5 Å². The molecule has 1 N–H and O–H groups in total. The minimum Gasteiger partial charge on any atom is -0.484 e. The second-order valence-electron chi connectivity index (χ2n) is 5.95. The summed E-state index contributed by atoms with van der Waals surface area (Å²) in [5.74, 6) is -1.12. The number of hydrogen-bond donors (Lipinski definition) is 1. The van der Waals surface area contributed by atoms with Crippen LogP contribution in [0.1, 0.15) is 5.56 Å². The first-order valence-electron chi connectivity index (χ1n) is 8.59. The molecule has 1 fully saturated rings. The quantitative estimate of drug-likeness (QED) is 0.672. The van der Waals surface area contributed by atoms with Crippen LogP contribution in [0.15, 0.2) is 53.4 Å². The molecular formula is C20H16ClFN2O4S. The fraction of sp³-hybridized carbons (Fsp3) is 0.150. The van der Waals surface area contributed by atoms with E-state index in [1.54, 1.807) is 30.3 Å². The molecule has 9 heteroatoms. The van der Waals surface area contributed by atoms with Crippen molar-refractivity contribution < 1.29 is 23.5 Å². The van der Waals surface area contributed by atoms with Crippen LogP contribution in [0.5, 0.6) is 5.75 Å². The van der Waals surface area contributed by atoms with Gasteiger partial charge in [0.05, 0.1) is 4.91 Å². The summed E-state index contributed by atoms with van der Waals surface area (Å²) in [6.45, 7) is -0.212. The van der Waals surface area contributed by atoms with Crippen molar-refractivity contribution in [2.75, 3.05) is 19.7 Å². The minimum atomic E-state index is -0.466. The zero-order chi connectivity index (χ0) is 20.8. The molecule has 0 atom stereocenters. The number of carbonyl (C=O) groups is 3. The first-order valence-corrected chi connectivity index (χ1v) is 9.78. The van der Waals surface area contributed by atoms with Crippen molar-refractivity contribution in [2.45, 2.75) is 0 Å². The Morgan fingerprint density at radius 3 is 2.76 bits per heavy atom. The lowest BCUT2D eigenvalue weighted by molar-refractivity contribution is -0.125. The smallest absolute Gasteiger partial charge is 0.293 e. The van der Waals surface area contributed by atoms with Crippen LogP contribution in [0.25, 0.3) is 6.08 Å². The molecule has 1 aliphatic heterocycles. The molecule has 0 radical (unpaired) electrons. The van der Waals surface area contributed by atoms with E-state index < -0.39 is 22.9 Å². The fourth-order valence-electron chi connectivity index (χ4n) is 2.49. The number of nitrogens with one attached hydrogen (secondary N) is 1. The lowest BCUT2D eigenvalue weighted by atomic mass is 10.2. The Labute approximate surface area is 175 Å². The zero-order valence-corrected chi connectivity index (χ0v) is 16.6. The third-order valence-electron chi connectivity index (χ3n) is 3.89. The maximum atomic E-state index is 13.1. The van der Waals surface area contributed by atoms with E-state index in [-0.39, 0.29) is 30.4 Å². The number of hydrogen-bond acceptors (Lipinski definition) is 5. The van der Waals surface area contributed by atoms with E-state index in [1.807, 2.05) is 0 Å². The summed E-state index contributed by atoms with van der Waals surface area (Å²) < 4.78 is 18.3. The number of nitrogens with zero attached hydrogens (tertiary/aromatic N) is 1. The SMILES string of the molecule is O=C(COc1cccc(F)c1)NCCN1C(=O)S/C(=C\c2ccccc2Cl)C1=O. The number of amides is 3. The lowest BCUT2D eigenvalue weighted by Crippen LogP contribution is -2.38. The van der Waals surface area contributed by atoms with Gasteiger partial charge in [0, 0.05) is 24.2 Å². The molecule has 3 amide bonds. The summed E-state index contributed by atoms with van der Waals surface area (Å²) in [4.78, 5) is 37.7. The van der Waals surface area contributed by atoms with Crippen LogP contribution in [0.3, 0.4) is 0 Å². The van der Waals surface area contributed by atoms with E-state index in [9.17, 15) is 18.8 Å². The molecule has 2 aromatic rings. The Balaban J connectivity index is 1.49. The van der Waals surface area contributed by atoms with Crippen LogP contribution in [0.2, 0.25) is 5.02 Å². The Kier molecular flexibility index (Phi) is 6.90. The van der Waals surface area contributed by atoms with E-state index >= 15 is 0 Å². The number of benzene rings is 2. The van der Waals surface area contributed by atoms with Gasteiger partial charge in [-0.3, -0.25) is 19.3 Å². The first kappa shape index (κ1) is 20.9. The Hall–Kier alpha value is -2.84. The molecule has 3 rings (SSSR count). The lowest BCUT2D eigenvalue weighted by Gasteiger charge is -2.13. The normalized spacial score (nSPS) is 15.1. The van der Waals surface area contributed by atoms with E-state index in [0.29, 0.717) is 10.6 Å². The molecule has 0 unspecified atom stereocenters. The summed E-state index contributed by atoms with van der Waals surface area (Å²) >= 11 is 6.90. The fourth-order valence-corrected chi connectivity index (χ4v) is 3.54. The maximum absolute atomic E-state index is 13.1. The van der Waals surface area contributed by atoms with Crippen molar-refractivity contribution in [1.29, 1.82) is 0 Å². The molecule has 2 aromatic carbocycles. The van der Waals surface area contributed by atoms with E-state index in [1.165, 1.54) is 24.3 Å². The van der Waals surface area contributed by atoms with Crippen molar-refractivity contribution in [2.24, 2.45) is 0 Å². The first-order chi connectivity index (χ1) is 13.9. The Morgan fingerprint density at radius 2 is 2.00 bits per heavy atom. The van der Waals surface area contributed by atoms with Crippen molar-refractivity contribution in [3.63, 3.8) is 0 Å². The highest BCUT2D eigenvalue weighted by molar-refractivity contribution is 8.18. The highest BCUT2D eigenvalue weighted by atomic mass is 35.5. The molecule has 29 heavy (non-hydrogen) atoms. The van der Waals surface area contributed by atoms with E-state index in [0.717, 1.165) is 16.7 Å². The van der Waals surface area contributed by atoms with Gasteiger partial charge >= 0.3 is 0 Å². The predicted octanol–water partition coefficient (Wildman–Crippen LogP) is 3.71. The molecule has 0 aliphatic carbocycles. The van der Waals surface area contributed by atoms with Gasteiger partial charge in [-0.2, -0.15) is 0 Å². The van der Waals surface area contributed by atoms with Crippen LogP contribution < -0.4 is 10.1 Å². The van der Waals surface area contributed by atoms with Crippen molar-refractivity contribution in [3.05, 3.63) is 69.8 Å². The zero-order valence-electron chi connectivity index (χ0n) is 15.1. The Morgan fingerprint density at radius 1 is 1.21 bits per heavy atom. The summed E-state index contributed by atoms with van der Waals surface area (Å²) in [7, 11) is 0. The van der Waals surface area contributed by atoms with E-state index in [2.05, 4.69) is 5.32 Å². The van der Waals surface area contributed by atoms with Crippen LogP contribution in [0, 0.1) is 5.82 Å². The number of rotatable bonds is 7. The van der Waals surface area contributed by atoms with Crippen molar-refractivity contribution in [3.8, 4) is 5.75 Å². The molecule has 0 bridgehead atoms. The standard InChI is InChI=1S/C20H16ClFN2O4S/c21-16-7-2-1-4-13(16)10-17-19(26)24(20(27)29-17)9-8-23-18(25)12-28-15-6-3-5-14(22)11-15/h1-7,10-11H,8-9,12H2,(H,23,25)/b17-10-. The molecule has 0 spiro atoms. The molecule has 150 valence electrons. The molecule has 6 nitrogen and oxygen atoms in total. The van der Waals surface area contributed by atoms with Gasteiger partial charge < -0.3 is 10.1 Å². The topological polar surface area (TPSA) is 75.7 Å². The highest BCUT2D eigenvalue weighted by Gasteiger charge is 2.34. The van der Waals surface area contributed by atoms with Crippen molar-refractivity contribution in [1.82, 2.24) is 10.2 Å². The predicted molar refractivity (Wildman–Crippen MR) is 109 cm³/mol. The minimum absolute atomic E-state index is 0.0240. The van der Waals surface area contributed by atoms with Gasteiger partial charge in [-0.25, -0.2) is 4.39 Å². The third kappa shape index (κ3) is 5.58. The summed E-state index contributed by atoms with van der Waals surface area (Å²) in [6, 6.07) is 12.4. The summed E-state index contributed by atoms with van der Waals surface area (Å²) in [6.07, 6.45) is 1.57. The Bertz CT molecular complexity index is 982. The third-order valence-corrected chi connectivity index (χ3v) is 5.14. The van der Waals surface area contributed by atoms with E-state index in [4.69, 9.17) is 16.3 Å². The average molecular weight is 435 g/mol. The van der Waals surface area contributed by atoms with Gasteiger partial charge in [-0.1, -0.05) is 35.9 Å². The molecule has 1 heterocycles. The van der Waals surface area contributed by atoms with Crippen LogP contribution in [-0.4, -0.2) is 41.6 Å². The highest BCUT2D eigenvalue weighted by Crippen LogP contribution is 2.33. The van der Waals surface area contributed by atoms with Crippen LogP contribution in [0.4, 0.5) is 9.18 Å². The van der Waals surface area contributed by atoms with Gasteiger partial charge in [-0.05, 0) is 41.6 Å². The number of imide groups is 1. The number of thioether (sulfide) groups is 1. The molecule has 1 saturated heterocycles. The van der Waals surface area contributed by atoms with Gasteiger partial charge in [-0.15, -0.1) is 0 Å². The van der Waals surface area contributed by atoms with Gasteiger partial charge in [0.25, 0.3) is 17.1 Å². The van der Waals surface area contributed by atoms with Gasteiger partial charge in [0.2, 0.25) is 0 Å². The van der Waals surface area contributed by atoms with Crippen LogP contribution >= 0.6 is 23.4 Å². The molecule has 0 aromatic heterocycles. The maximum Gasteiger partial charge on any atom is 0.293 e. The monoisotopic (exact) mass is 434 g/mol. The molecule has 0 saturated carbocycles. The van der Waals surface area contributed by atoms with Gasteiger partial charge in [0.1, 0.15) is 11.6 Å². The molecule has 1 aliphatic rings. The largest absolute Gasteiger partial charge is 0.484 e.